The Labute approximate surface area is 202 Å². The number of alkyl carbamates (subject to hydrolysis) is 1. The summed E-state index contributed by atoms with van der Waals surface area (Å²) in [5.41, 5.74) is 5.04. The molecule has 4 rings (SSSR count). The zero-order chi connectivity index (χ0) is 24.6. The van der Waals surface area contributed by atoms with Gasteiger partial charge in [0.05, 0.1) is 6.61 Å². The minimum Gasteiger partial charge on any atom is -0.480 e. The number of carboxylic acids is 1. The van der Waals surface area contributed by atoms with E-state index in [-0.39, 0.29) is 25.7 Å². The van der Waals surface area contributed by atoms with Crippen LogP contribution in [0.4, 0.5) is 4.79 Å². The van der Waals surface area contributed by atoms with Gasteiger partial charge in [-0.2, -0.15) is 0 Å². The second-order valence-electron chi connectivity index (χ2n) is 8.05. The van der Waals surface area contributed by atoms with E-state index in [1.54, 1.807) is 24.3 Å². The standard InChI is InChI=1S/C27H26N2O6/c30-24(31)17-34-15-14-28-26(32)25(18-8-2-1-3-9-18)29-27(33)35-16-23-21-12-6-4-10-19(21)20-11-5-7-13-22(20)23/h1-13,23,25H,14-17H2,(H,28,32)(H,29,33)(H,30,31). The van der Waals surface area contributed by atoms with Crippen molar-refractivity contribution in [3.8, 4) is 11.1 Å². The molecule has 1 atom stereocenters. The lowest BCUT2D eigenvalue weighted by Crippen LogP contribution is -2.42. The highest BCUT2D eigenvalue weighted by molar-refractivity contribution is 5.87. The SMILES string of the molecule is O=C(O)COCCNC(=O)C(NC(=O)OCC1c2ccccc2-c2ccccc21)c1ccccc1. The molecule has 0 heterocycles. The number of rotatable bonds is 10. The van der Waals surface area contributed by atoms with Gasteiger partial charge in [0.1, 0.15) is 19.3 Å². The van der Waals surface area contributed by atoms with E-state index < -0.39 is 30.6 Å². The number of carbonyl (C=O) groups excluding carboxylic acids is 2. The van der Waals surface area contributed by atoms with Crippen LogP contribution in [-0.4, -0.2) is 49.4 Å². The molecule has 0 saturated heterocycles. The first kappa shape index (κ1) is 24.0. The number of amides is 2. The Bertz CT molecular complexity index is 1150. The van der Waals surface area contributed by atoms with Crippen LogP contribution in [-0.2, 0) is 19.1 Å². The van der Waals surface area contributed by atoms with Crippen LogP contribution in [0.15, 0.2) is 78.9 Å². The highest BCUT2D eigenvalue weighted by atomic mass is 16.5. The third-order valence-corrected chi connectivity index (χ3v) is 5.77. The summed E-state index contributed by atoms with van der Waals surface area (Å²) in [5, 5.41) is 13.9. The van der Waals surface area contributed by atoms with Gasteiger partial charge in [0.25, 0.3) is 0 Å². The fourth-order valence-corrected chi connectivity index (χ4v) is 4.21. The minimum atomic E-state index is -1.09. The average Bonchev–Trinajstić information content (AvgIpc) is 3.19. The molecule has 1 aliphatic carbocycles. The fourth-order valence-electron chi connectivity index (χ4n) is 4.21. The van der Waals surface area contributed by atoms with E-state index in [1.807, 2.05) is 42.5 Å². The molecule has 1 unspecified atom stereocenters. The van der Waals surface area contributed by atoms with Crippen molar-refractivity contribution in [3.05, 3.63) is 95.6 Å². The second-order valence-corrected chi connectivity index (χ2v) is 8.05. The second kappa shape index (κ2) is 11.3. The largest absolute Gasteiger partial charge is 0.480 e. The molecule has 0 radical (unpaired) electrons. The molecule has 0 bridgehead atoms. The van der Waals surface area contributed by atoms with Crippen molar-refractivity contribution in [3.63, 3.8) is 0 Å². The number of carbonyl (C=O) groups is 3. The number of aliphatic carboxylic acids is 1. The summed E-state index contributed by atoms with van der Waals surface area (Å²) in [6.07, 6.45) is -0.710. The number of benzene rings is 3. The molecule has 8 nitrogen and oxygen atoms in total. The molecule has 0 spiro atoms. The summed E-state index contributed by atoms with van der Waals surface area (Å²) >= 11 is 0. The van der Waals surface area contributed by atoms with Gasteiger partial charge >= 0.3 is 12.1 Å². The Morgan fingerprint density at radius 3 is 2.09 bits per heavy atom. The molecule has 3 aromatic carbocycles. The first-order chi connectivity index (χ1) is 17.0. The summed E-state index contributed by atoms with van der Waals surface area (Å²) in [4.78, 5) is 36.1. The third-order valence-electron chi connectivity index (χ3n) is 5.77. The molecule has 0 saturated carbocycles. The minimum absolute atomic E-state index is 0.0322. The molecular weight excluding hydrogens is 448 g/mol. The molecule has 2 amide bonds. The molecular formula is C27H26N2O6. The van der Waals surface area contributed by atoms with Crippen molar-refractivity contribution < 1.29 is 29.0 Å². The van der Waals surface area contributed by atoms with Gasteiger partial charge in [-0.15, -0.1) is 0 Å². The molecule has 3 aromatic rings. The van der Waals surface area contributed by atoms with E-state index in [1.165, 1.54) is 0 Å². The number of nitrogens with one attached hydrogen (secondary N) is 2. The summed E-state index contributed by atoms with van der Waals surface area (Å²) < 4.78 is 10.5. The van der Waals surface area contributed by atoms with E-state index >= 15 is 0 Å². The van der Waals surface area contributed by atoms with Crippen LogP contribution >= 0.6 is 0 Å². The molecule has 1 aliphatic rings. The zero-order valence-electron chi connectivity index (χ0n) is 19.0. The van der Waals surface area contributed by atoms with Gasteiger partial charge in [-0.1, -0.05) is 78.9 Å². The monoisotopic (exact) mass is 474 g/mol. The Balaban J connectivity index is 1.39. The van der Waals surface area contributed by atoms with E-state index in [4.69, 9.17) is 14.6 Å². The van der Waals surface area contributed by atoms with Crippen LogP contribution in [0.3, 0.4) is 0 Å². The van der Waals surface area contributed by atoms with Crippen LogP contribution in [0.2, 0.25) is 0 Å². The number of hydrogen-bond acceptors (Lipinski definition) is 5. The Kier molecular flexibility index (Phi) is 7.74. The highest BCUT2D eigenvalue weighted by Gasteiger charge is 2.30. The number of ether oxygens (including phenoxy) is 2. The predicted molar refractivity (Wildman–Crippen MR) is 129 cm³/mol. The van der Waals surface area contributed by atoms with Crippen molar-refractivity contribution in [1.29, 1.82) is 0 Å². The van der Waals surface area contributed by atoms with Crippen LogP contribution in [0.5, 0.6) is 0 Å². The Morgan fingerprint density at radius 2 is 1.46 bits per heavy atom. The molecule has 35 heavy (non-hydrogen) atoms. The molecule has 8 heteroatoms. The first-order valence-corrected chi connectivity index (χ1v) is 11.3. The third kappa shape index (κ3) is 5.85. The summed E-state index contributed by atoms with van der Waals surface area (Å²) in [6, 6.07) is 23.9. The number of fused-ring (bicyclic) bond motifs is 3. The van der Waals surface area contributed by atoms with Crippen LogP contribution in [0.25, 0.3) is 11.1 Å². The maximum Gasteiger partial charge on any atom is 0.408 e. The van der Waals surface area contributed by atoms with Crippen molar-refractivity contribution in [1.82, 2.24) is 10.6 Å². The predicted octanol–water partition coefficient (Wildman–Crippen LogP) is 3.48. The van der Waals surface area contributed by atoms with Crippen molar-refractivity contribution in [2.45, 2.75) is 12.0 Å². The number of carboxylic acid groups (broad SMARTS) is 1. The normalized spacial score (nSPS) is 12.8. The summed E-state index contributed by atoms with van der Waals surface area (Å²) in [6.45, 7) is -0.186. The van der Waals surface area contributed by atoms with Gasteiger partial charge in [0.15, 0.2) is 0 Å². The quantitative estimate of drug-likeness (QED) is 0.388. The molecule has 3 N–H and O–H groups in total. The van der Waals surface area contributed by atoms with Crippen LogP contribution in [0, 0.1) is 0 Å². The van der Waals surface area contributed by atoms with E-state index in [9.17, 15) is 14.4 Å². The molecule has 180 valence electrons. The topological polar surface area (TPSA) is 114 Å². The molecule has 0 aromatic heterocycles. The van der Waals surface area contributed by atoms with Crippen LogP contribution in [0.1, 0.15) is 28.7 Å². The average molecular weight is 475 g/mol. The van der Waals surface area contributed by atoms with Gasteiger partial charge in [0, 0.05) is 12.5 Å². The van der Waals surface area contributed by atoms with Gasteiger partial charge < -0.3 is 25.2 Å². The van der Waals surface area contributed by atoms with Gasteiger partial charge in [-0.05, 0) is 27.8 Å². The Hall–Kier alpha value is -4.17. The van der Waals surface area contributed by atoms with E-state index in [0.717, 1.165) is 22.3 Å². The number of hydrogen-bond donors (Lipinski definition) is 3. The van der Waals surface area contributed by atoms with Crippen molar-refractivity contribution >= 4 is 18.0 Å². The molecule has 0 fully saturated rings. The smallest absolute Gasteiger partial charge is 0.408 e. The van der Waals surface area contributed by atoms with Crippen LogP contribution < -0.4 is 10.6 Å². The lowest BCUT2D eigenvalue weighted by Gasteiger charge is -2.20. The van der Waals surface area contributed by atoms with Gasteiger partial charge in [-0.3, -0.25) is 4.79 Å². The summed E-state index contributed by atoms with van der Waals surface area (Å²) in [7, 11) is 0. The lowest BCUT2D eigenvalue weighted by atomic mass is 9.98. The zero-order valence-corrected chi connectivity index (χ0v) is 19.0. The Morgan fingerprint density at radius 1 is 0.857 bits per heavy atom. The van der Waals surface area contributed by atoms with Crippen molar-refractivity contribution in [2.24, 2.45) is 0 Å². The van der Waals surface area contributed by atoms with Gasteiger partial charge in [0.2, 0.25) is 5.91 Å². The van der Waals surface area contributed by atoms with E-state index in [0.29, 0.717) is 5.56 Å². The van der Waals surface area contributed by atoms with Crippen molar-refractivity contribution in [2.75, 3.05) is 26.4 Å². The highest BCUT2D eigenvalue weighted by Crippen LogP contribution is 2.44. The van der Waals surface area contributed by atoms with Gasteiger partial charge in [-0.25, -0.2) is 9.59 Å². The maximum atomic E-state index is 12.8. The summed E-state index contributed by atoms with van der Waals surface area (Å²) in [5.74, 6) is -1.64. The maximum absolute atomic E-state index is 12.8. The van der Waals surface area contributed by atoms with E-state index in [2.05, 4.69) is 22.8 Å². The lowest BCUT2D eigenvalue weighted by molar-refractivity contribution is -0.142. The fraction of sp³-hybridized carbons (Fsp3) is 0.222. The molecule has 0 aliphatic heterocycles. The first-order valence-electron chi connectivity index (χ1n) is 11.3.